The van der Waals surface area contributed by atoms with Crippen LogP contribution < -0.4 is 0 Å². The second-order valence-electron chi connectivity index (χ2n) is 4.86. The first-order valence-electron chi connectivity index (χ1n) is 7.26. The number of rotatable bonds is 8. The molecule has 2 nitrogen and oxygen atoms in total. The Morgan fingerprint density at radius 3 is 2.71 bits per heavy atom. The van der Waals surface area contributed by atoms with E-state index in [-0.39, 0.29) is 5.91 Å². The van der Waals surface area contributed by atoms with Gasteiger partial charge in [0.15, 0.2) is 0 Å². The van der Waals surface area contributed by atoms with Crippen LogP contribution in [-0.4, -0.2) is 23.1 Å². The van der Waals surface area contributed by atoms with Crippen LogP contribution in [0.1, 0.15) is 25.3 Å². The van der Waals surface area contributed by atoms with Crippen LogP contribution in [0, 0.1) is 0 Å². The zero-order valence-electron chi connectivity index (χ0n) is 12.3. The molecule has 0 aliphatic heterocycles. The lowest BCUT2D eigenvalue weighted by Crippen LogP contribution is -2.31. The minimum absolute atomic E-state index is 0.256. The van der Waals surface area contributed by atoms with Gasteiger partial charge in [-0.1, -0.05) is 25.1 Å². The Labute approximate surface area is 135 Å². The zero-order chi connectivity index (χ0) is 14.9. The molecule has 0 fully saturated rings. The van der Waals surface area contributed by atoms with Crippen LogP contribution in [0.25, 0.3) is 0 Å². The molecule has 112 valence electrons. The van der Waals surface area contributed by atoms with E-state index in [1.165, 1.54) is 10.5 Å². The van der Waals surface area contributed by atoms with Crippen molar-refractivity contribution >= 4 is 29.0 Å². The van der Waals surface area contributed by atoms with E-state index in [4.69, 9.17) is 0 Å². The van der Waals surface area contributed by atoms with Crippen molar-refractivity contribution in [2.24, 2.45) is 0 Å². The minimum atomic E-state index is 0.256. The van der Waals surface area contributed by atoms with Crippen molar-refractivity contribution in [3.8, 4) is 0 Å². The number of thioether (sulfide) groups is 1. The highest BCUT2D eigenvalue weighted by Gasteiger charge is 2.13. The highest BCUT2D eigenvalue weighted by Crippen LogP contribution is 2.19. The molecule has 0 atom stereocenters. The lowest BCUT2D eigenvalue weighted by atomic mass is 10.2. The summed E-state index contributed by atoms with van der Waals surface area (Å²) in [5.41, 5.74) is 1.23. The number of amides is 1. The van der Waals surface area contributed by atoms with Gasteiger partial charge in [-0.05, 0) is 40.9 Å². The maximum atomic E-state index is 12.4. The minimum Gasteiger partial charge on any atom is -0.338 e. The summed E-state index contributed by atoms with van der Waals surface area (Å²) in [5.74, 6) is 1.10. The number of thiophene rings is 1. The van der Waals surface area contributed by atoms with Gasteiger partial charge in [0.1, 0.15) is 0 Å². The van der Waals surface area contributed by atoms with E-state index in [9.17, 15) is 4.79 Å². The van der Waals surface area contributed by atoms with Gasteiger partial charge in [-0.15, -0.1) is 11.8 Å². The number of hydrogen-bond acceptors (Lipinski definition) is 3. The average molecular weight is 319 g/mol. The third-order valence-electron chi connectivity index (χ3n) is 3.13. The summed E-state index contributed by atoms with van der Waals surface area (Å²) in [6.45, 7) is 3.70. The van der Waals surface area contributed by atoms with Crippen LogP contribution in [0.5, 0.6) is 0 Å². The smallest absolute Gasteiger partial charge is 0.223 e. The van der Waals surface area contributed by atoms with Crippen molar-refractivity contribution in [2.45, 2.75) is 31.2 Å². The normalized spacial score (nSPS) is 10.5. The summed E-state index contributed by atoms with van der Waals surface area (Å²) in [6, 6.07) is 12.3. The van der Waals surface area contributed by atoms with E-state index in [0.29, 0.717) is 6.42 Å². The second-order valence-corrected chi connectivity index (χ2v) is 6.81. The highest BCUT2D eigenvalue weighted by molar-refractivity contribution is 7.99. The summed E-state index contributed by atoms with van der Waals surface area (Å²) < 4.78 is 0. The molecule has 4 heteroatoms. The molecule has 1 amide bonds. The van der Waals surface area contributed by atoms with Crippen molar-refractivity contribution in [1.29, 1.82) is 0 Å². The van der Waals surface area contributed by atoms with Crippen molar-refractivity contribution in [3.63, 3.8) is 0 Å². The molecule has 0 bridgehead atoms. The Morgan fingerprint density at radius 2 is 2.05 bits per heavy atom. The fourth-order valence-electron chi connectivity index (χ4n) is 2.10. The Bertz CT molecular complexity index is 525. The second kappa shape index (κ2) is 8.90. The predicted octanol–water partition coefficient (Wildman–Crippen LogP) is 4.67. The molecule has 0 aliphatic carbocycles. The van der Waals surface area contributed by atoms with E-state index in [2.05, 4.69) is 35.9 Å². The van der Waals surface area contributed by atoms with E-state index < -0.39 is 0 Å². The van der Waals surface area contributed by atoms with E-state index in [1.807, 2.05) is 23.1 Å². The monoisotopic (exact) mass is 319 g/mol. The number of hydrogen-bond donors (Lipinski definition) is 0. The van der Waals surface area contributed by atoms with Crippen LogP contribution in [0.4, 0.5) is 0 Å². The number of carbonyl (C=O) groups is 1. The Balaban J connectivity index is 1.81. The van der Waals surface area contributed by atoms with Crippen LogP contribution in [-0.2, 0) is 11.3 Å². The molecule has 2 rings (SSSR count). The topological polar surface area (TPSA) is 20.3 Å². The molecule has 1 aromatic heterocycles. The van der Waals surface area contributed by atoms with E-state index in [1.54, 1.807) is 23.1 Å². The van der Waals surface area contributed by atoms with Gasteiger partial charge in [0.2, 0.25) is 5.91 Å². The SMILES string of the molecule is CCCN(Cc1ccsc1)C(=O)CCSc1ccccc1. The van der Waals surface area contributed by atoms with Gasteiger partial charge in [0.05, 0.1) is 0 Å². The first-order chi connectivity index (χ1) is 10.3. The molecule has 21 heavy (non-hydrogen) atoms. The molecule has 0 aliphatic rings. The molecular formula is C17H21NOS2. The van der Waals surface area contributed by atoms with Crippen molar-refractivity contribution < 1.29 is 4.79 Å². The van der Waals surface area contributed by atoms with Crippen molar-refractivity contribution in [3.05, 3.63) is 52.7 Å². The van der Waals surface area contributed by atoms with Crippen molar-refractivity contribution in [1.82, 2.24) is 4.90 Å². The van der Waals surface area contributed by atoms with Crippen LogP contribution in [0.3, 0.4) is 0 Å². The molecule has 0 spiro atoms. The maximum absolute atomic E-state index is 12.4. The Hall–Kier alpha value is -1.26. The van der Waals surface area contributed by atoms with Gasteiger partial charge in [-0.25, -0.2) is 0 Å². The largest absolute Gasteiger partial charge is 0.338 e. The Kier molecular flexibility index (Phi) is 6.83. The van der Waals surface area contributed by atoms with Gasteiger partial charge >= 0.3 is 0 Å². The molecule has 0 saturated heterocycles. The highest BCUT2D eigenvalue weighted by atomic mass is 32.2. The summed E-state index contributed by atoms with van der Waals surface area (Å²) in [7, 11) is 0. The van der Waals surface area contributed by atoms with Gasteiger partial charge < -0.3 is 4.90 Å². The number of benzene rings is 1. The van der Waals surface area contributed by atoms with Crippen LogP contribution in [0.2, 0.25) is 0 Å². The first-order valence-corrected chi connectivity index (χ1v) is 9.19. The summed E-state index contributed by atoms with van der Waals surface area (Å²) in [4.78, 5) is 15.6. The molecular weight excluding hydrogens is 298 g/mol. The fraction of sp³-hybridized carbons (Fsp3) is 0.353. The standard InChI is InChI=1S/C17H21NOS2/c1-2-10-18(13-15-8-11-20-14-15)17(19)9-12-21-16-6-4-3-5-7-16/h3-8,11,14H,2,9-10,12-13H2,1H3. The Morgan fingerprint density at radius 1 is 1.24 bits per heavy atom. The molecule has 0 N–H and O–H groups in total. The number of nitrogens with zero attached hydrogens (tertiary/aromatic N) is 1. The summed E-state index contributed by atoms with van der Waals surface area (Å²) in [6.07, 6.45) is 1.60. The van der Waals surface area contributed by atoms with Gasteiger partial charge in [-0.2, -0.15) is 11.3 Å². The zero-order valence-corrected chi connectivity index (χ0v) is 14.0. The van der Waals surface area contributed by atoms with Crippen LogP contribution >= 0.6 is 23.1 Å². The number of carbonyl (C=O) groups excluding carboxylic acids is 1. The predicted molar refractivity (Wildman–Crippen MR) is 91.8 cm³/mol. The summed E-state index contributed by atoms with van der Waals surface area (Å²) >= 11 is 3.43. The van der Waals surface area contributed by atoms with Gasteiger partial charge in [-0.3, -0.25) is 4.79 Å². The van der Waals surface area contributed by atoms with Crippen molar-refractivity contribution in [2.75, 3.05) is 12.3 Å². The fourth-order valence-corrected chi connectivity index (χ4v) is 3.62. The summed E-state index contributed by atoms with van der Waals surface area (Å²) in [5, 5.41) is 4.18. The lowest BCUT2D eigenvalue weighted by molar-refractivity contribution is -0.131. The molecule has 0 radical (unpaired) electrons. The average Bonchev–Trinajstić information content (AvgIpc) is 3.01. The third kappa shape index (κ3) is 5.56. The first kappa shape index (κ1) is 16.1. The third-order valence-corrected chi connectivity index (χ3v) is 4.87. The van der Waals surface area contributed by atoms with Gasteiger partial charge in [0, 0.05) is 30.2 Å². The lowest BCUT2D eigenvalue weighted by Gasteiger charge is -2.21. The van der Waals surface area contributed by atoms with Crippen LogP contribution in [0.15, 0.2) is 52.1 Å². The van der Waals surface area contributed by atoms with E-state index >= 15 is 0 Å². The molecule has 0 saturated carbocycles. The quantitative estimate of drug-likeness (QED) is 0.659. The maximum Gasteiger partial charge on any atom is 0.223 e. The van der Waals surface area contributed by atoms with Gasteiger partial charge in [0.25, 0.3) is 0 Å². The van der Waals surface area contributed by atoms with E-state index in [0.717, 1.165) is 25.3 Å². The molecule has 1 heterocycles. The molecule has 1 aromatic carbocycles. The molecule has 0 unspecified atom stereocenters. The molecule has 2 aromatic rings.